The lowest BCUT2D eigenvalue weighted by Crippen LogP contribution is -2.44. The molecular weight excluding hydrogens is 224 g/mol. The lowest BCUT2D eigenvalue weighted by atomic mass is 9.77. The first-order chi connectivity index (χ1) is 8.86. The molecule has 0 aromatic rings. The fourth-order valence-electron chi connectivity index (χ4n) is 3.23. The Kier molecular flexibility index (Phi) is 4.22. The molecule has 3 rings (SSSR count). The highest BCUT2D eigenvalue weighted by molar-refractivity contribution is 4.91. The molecule has 0 radical (unpaired) electrons. The summed E-state index contributed by atoms with van der Waals surface area (Å²) < 4.78 is 6.25. The predicted molar refractivity (Wildman–Crippen MR) is 73.8 cm³/mol. The highest BCUT2D eigenvalue weighted by atomic mass is 16.5. The van der Waals surface area contributed by atoms with E-state index in [0.717, 1.165) is 25.7 Å². The average molecular weight is 252 g/mol. The number of nitrogens with zero attached hydrogens (tertiary/aromatic N) is 1. The highest BCUT2D eigenvalue weighted by Gasteiger charge is 2.37. The van der Waals surface area contributed by atoms with Gasteiger partial charge in [-0.2, -0.15) is 0 Å². The van der Waals surface area contributed by atoms with E-state index in [4.69, 9.17) is 4.74 Å². The minimum Gasteiger partial charge on any atom is -0.374 e. The van der Waals surface area contributed by atoms with Gasteiger partial charge < -0.3 is 15.0 Å². The first-order valence-corrected chi connectivity index (χ1v) is 7.96. The van der Waals surface area contributed by atoms with Gasteiger partial charge in [0, 0.05) is 12.6 Å². The van der Waals surface area contributed by atoms with E-state index in [1.54, 1.807) is 0 Å². The van der Waals surface area contributed by atoms with E-state index < -0.39 is 0 Å². The van der Waals surface area contributed by atoms with Crippen molar-refractivity contribution in [3.05, 3.63) is 0 Å². The highest BCUT2D eigenvalue weighted by Crippen LogP contribution is 2.38. The maximum Gasteiger partial charge on any atom is 0.0695 e. The summed E-state index contributed by atoms with van der Waals surface area (Å²) in [4.78, 5) is 2.55. The summed E-state index contributed by atoms with van der Waals surface area (Å²) >= 11 is 0. The van der Waals surface area contributed by atoms with E-state index in [1.165, 1.54) is 64.5 Å². The number of ether oxygens (including phenoxy) is 1. The Morgan fingerprint density at radius 1 is 1.11 bits per heavy atom. The van der Waals surface area contributed by atoms with E-state index in [2.05, 4.69) is 10.2 Å². The topological polar surface area (TPSA) is 24.5 Å². The molecular formula is C15H28N2O. The van der Waals surface area contributed by atoms with Crippen LogP contribution in [-0.4, -0.2) is 49.3 Å². The van der Waals surface area contributed by atoms with Crippen molar-refractivity contribution in [1.29, 1.82) is 0 Å². The van der Waals surface area contributed by atoms with Crippen LogP contribution in [0.25, 0.3) is 0 Å². The van der Waals surface area contributed by atoms with Crippen molar-refractivity contribution in [2.45, 2.75) is 63.0 Å². The zero-order valence-corrected chi connectivity index (χ0v) is 11.6. The smallest absolute Gasteiger partial charge is 0.0695 e. The van der Waals surface area contributed by atoms with Gasteiger partial charge in [0.2, 0.25) is 0 Å². The Morgan fingerprint density at radius 2 is 1.89 bits per heavy atom. The molecule has 0 amide bonds. The molecule has 0 atom stereocenters. The van der Waals surface area contributed by atoms with Gasteiger partial charge in [0.15, 0.2) is 0 Å². The van der Waals surface area contributed by atoms with Crippen LogP contribution in [0.1, 0.15) is 51.4 Å². The van der Waals surface area contributed by atoms with Crippen molar-refractivity contribution in [1.82, 2.24) is 10.2 Å². The molecule has 2 saturated carbocycles. The molecule has 3 fully saturated rings. The van der Waals surface area contributed by atoms with Crippen LogP contribution < -0.4 is 5.32 Å². The van der Waals surface area contributed by atoms with E-state index >= 15 is 0 Å². The number of nitrogens with one attached hydrogen (secondary N) is 1. The van der Waals surface area contributed by atoms with E-state index in [-0.39, 0.29) is 5.60 Å². The summed E-state index contributed by atoms with van der Waals surface area (Å²) in [6.07, 6.45) is 10.7. The van der Waals surface area contributed by atoms with Gasteiger partial charge in [-0.1, -0.05) is 0 Å². The van der Waals surface area contributed by atoms with Crippen molar-refractivity contribution in [3.8, 4) is 0 Å². The molecule has 1 aliphatic heterocycles. The molecule has 3 heteroatoms. The second-order valence-electron chi connectivity index (χ2n) is 6.41. The van der Waals surface area contributed by atoms with Crippen LogP contribution in [0, 0.1) is 0 Å². The Morgan fingerprint density at radius 3 is 2.50 bits per heavy atom. The van der Waals surface area contributed by atoms with Crippen LogP contribution in [0.4, 0.5) is 0 Å². The molecule has 3 aliphatic rings. The zero-order chi connectivity index (χ0) is 12.3. The molecule has 18 heavy (non-hydrogen) atoms. The summed E-state index contributed by atoms with van der Waals surface area (Å²) in [5.41, 5.74) is 0.252. The van der Waals surface area contributed by atoms with Crippen LogP contribution in [0.3, 0.4) is 0 Å². The quantitative estimate of drug-likeness (QED) is 0.716. The van der Waals surface area contributed by atoms with Crippen LogP contribution in [0.15, 0.2) is 0 Å². The van der Waals surface area contributed by atoms with Gasteiger partial charge in [0.1, 0.15) is 0 Å². The molecule has 1 N–H and O–H groups in total. The molecule has 0 spiro atoms. The summed E-state index contributed by atoms with van der Waals surface area (Å²) in [6, 6.07) is 0.840. The van der Waals surface area contributed by atoms with Crippen molar-refractivity contribution in [3.63, 3.8) is 0 Å². The first-order valence-electron chi connectivity index (χ1n) is 7.96. The second kappa shape index (κ2) is 5.89. The third-order valence-electron chi connectivity index (χ3n) is 4.87. The molecule has 1 saturated heterocycles. The predicted octanol–water partition coefficient (Wildman–Crippen LogP) is 2.16. The van der Waals surface area contributed by atoms with Gasteiger partial charge in [-0.15, -0.1) is 0 Å². The molecule has 0 bridgehead atoms. The molecule has 3 nitrogen and oxygen atoms in total. The van der Waals surface area contributed by atoms with Gasteiger partial charge in [-0.05, 0) is 71.0 Å². The maximum absolute atomic E-state index is 6.25. The molecule has 2 aliphatic carbocycles. The van der Waals surface area contributed by atoms with Crippen LogP contribution >= 0.6 is 0 Å². The normalized spacial score (nSPS) is 27.3. The van der Waals surface area contributed by atoms with Crippen molar-refractivity contribution in [2.75, 3.05) is 32.8 Å². The molecule has 0 aromatic carbocycles. The lowest BCUT2D eigenvalue weighted by Gasteiger charge is -2.42. The summed E-state index contributed by atoms with van der Waals surface area (Å²) in [7, 11) is 0. The Balaban J connectivity index is 1.32. The van der Waals surface area contributed by atoms with Crippen LogP contribution in [0.5, 0.6) is 0 Å². The lowest BCUT2D eigenvalue weighted by molar-refractivity contribution is -0.107. The standard InChI is InChI=1S/C15H28N2O/c1-2-11-17(10-1)12-13-18-15(6-3-7-15)8-9-16-14-4-5-14/h14,16H,1-13H2. The van der Waals surface area contributed by atoms with Crippen LogP contribution in [-0.2, 0) is 4.74 Å². The third-order valence-corrected chi connectivity index (χ3v) is 4.87. The summed E-state index contributed by atoms with van der Waals surface area (Å²) in [5.74, 6) is 0. The average Bonchev–Trinajstić information content (AvgIpc) is 3.00. The minimum atomic E-state index is 0.252. The second-order valence-corrected chi connectivity index (χ2v) is 6.41. The molecule has 1 heterocycles. The molecule has 0 aromatic heterocycles. The first kappa shape index (κ1) is 12.9. The summed E-state index contributed by atoms with van der Waals surface area (Å²) in [6.45, 7) is 5.84. The number of hydrogen-bond acceptors (Lipinski definition) is 3. The minimum absolute atomic E-state index is 0.252. The van der Waals surface area contributed by atoms with Crippen LogP contribution in [0.2, 0.25) is 0 Å². The zero-order valence-electron chi connectivity index (χ0n) is 11.6. The number of hydrogen-bond donors (Lipinski definition) is 1. The summed E-state index contributed by atoms with van der Waals surface area (Å²) in [5, 5.41) is 3.62. The van der Waals surface area contributed by atoms with Gasteiger partial charge in [-0.3, -0.25) is 0 Å². The van der Waals surface area contributed by atoms with E-state index in [0.29, 0.717) is 0 Å². The number of likely N-dealkylation sites (tertiary alicyclic amines) is 1. The number of rotatable bonds is 8. The van der Waals surface area contributed by atoms with Gasteiger partial charge in [-0.25, -0.2) is 0 Å². The largest absolute Gasteiger partial charge is 0.374 e. The van der Waals surface area contributed by atoms with Crippen molar-refractivity contribution in [2.24, 2.45) is 0 Å². The van der Waals surface area contributed by atoms with E-state index in [1.807, 2.05) is 0 Å². The Hall–Kier alpha value is -0.120. The van der Waals surface area contributed by atoms with Gasteiger partial charge in [0.25, 0.3) is 0 Å². The van der Waals surface area contributed by atoms with Gasteiger partial charge >= 0.3 is 0 Å². The fraction of sp³-hybridized carbons (Fsp3) is 1.00. The van der Waals surface area contributed by atoms with Gasteiger partial charge in [0.05, 0.1) is 12.2 Å². The Labute approximate surface area is 111 Å². The molecule has 0 unspecified atom stereocenters. The Bertz CT molecular complexity index is 255. The monoisotopic (exact) mass is 252 g/mol. The van der Waals surface area contributed by atoms with Crippen molar-refractivity contribution >= 4 is 0 Å². The SMILES string of the molecule is C1CCN(CCOC2(CCNC3CC3)CCC2)C1. The third kappa shape index (κ3) is 3.46. The van der Waals surface area contributed by atoms with E-state index in [9.17, 15) is 0 Å². The maximum atomic E-state index is 6.25. The molecule has 104 valence electrons. The van der Waals surface area contributed by atoms with Crippen molar-refractivity contribution < 1.29 is 4.74 Å². The fourth-order valence-corrected chi connectivity index (χ4v) is 3.23.